The molecule has 0 unspecified atom stereocenters. The fraction of sp³-hybridized carbons (Fsp3) is 0.143. The first-order valence-electron chi connectivity index (χ1n) is 9.12. The zero-order valence-electron chi connectivity index (χ0n) is 15.2. The van der Waals surface area contributed by atoms with Crippen molar-refractivity contribution in [3.8, 4) is 11.4 Å². The number of carbonyl (C=O) groups is 1. The Morgan fingerprint density at radius 1 is 1.07 bits per heavy atom. The van der Waals surface area contributed by atoms with Gasteiger partial charge in [-0.1, -0.05) is 29.8 Å². The van der Waals surface area contributed by atoms with Gasteiger partial charge in [0.15, 0.2) is 11.6 Å². The van der Waals surface area contributed by atoms with Crippen molar-refractivity contribution in [2.24, 2.45) is 0 Å². The number of para-hydroxylation sites is 1. The number of carbonyl (C=O) groups excluding carboxylic acids is 1. The number of pyridine rings is 1. The lowest BCUT2D eigenvalue weighted by Crippen LogP contribution is -2.38. The van der Waals surface area contributed by atoms with Crippen LogP contribution in [-0.4, -0.2) is 37.1 Å². The molecule has 0 atom stereocenters. The van der Waals surface area contributed by atoms with Crippen LogP contribution in [0.25, 0.3) is 22.3 Å². The zero-order chi connectivity index (χ0) is 20.0. The Morgan fingerprint density at radius 2 is 1.93 bits per heavy atom. The van der Waals surface area contributed by atoms with Gasteiger partial charge in [-0.3, -0.25) is 9.78 Å². The number of amides is 1. The number of halogens is 2. The molecule has 6 nitrogen and oxygen atoms in total. The number of fused-ring (bicyclic) bond motifs is 2. The lowest BCUT2D eigenvalue weighted by molar-refractivity contribution is 0.0708. The van der Waals surface area contributed by atoms with Crippen molar-refractivity contribution in [1.29, 1.82) is 0 Å². The van der Waals surface area contributed by atoms with Gasteiger partial charge in [0.05, 0.1) is 22.6 Å². The van der Waals surface area contributed by atoms with Crippen LogP contribution in [0.4, 0.5) is 4.39 Å². The minimum absolute atomic E-state index is 0.101. The highest BCUT2D eigenvalue weighted by molar-refractivity contribution is 6.33. The molecule has 1 aliphatic heterocycles. The maximum absolute atomic E-state index is 13.3. The summed E-state index contributed by atoms with van der Waals surface area (Å²) in [5.41, 5.74) is 2.05. The average molecular weight is 408 g/mol. The first-order valence-corrected chi connectivity index (χ1v) is 9.50. The van der Waals surface area contributed by atoms with Crippen LogP contribution in [0.5, 0.6) is 0 Å². The SMILES string of the molecule is O=C(c1ccc(F)cc1Cl)N1CCn2c(nnc2-c2cccc3cccnc23)C1. The van der Waals surface area contributed by atoms with Crippen LogP contribution < -0.4 is 0 Å². The molecule has 0 bridgehead atoms. The van der Waals surface area contributed by atoms with Crippen molar-refractivity contribution in [2.75, 3.05) is 6.54 Å². The largest absolute Gasteiger partial charge is 0.329 e. The summed E-state index contributed by atoms with van der Waals surface area (Å²) < 4.78 is 15.3. The van der Waals surface area contributed by atoms with E-state index in [2.05, 4.69) is 15.2 Å². The molecule has 0 N–H and O–H groups in total. The maximum Gasteiger partial charge on any atom is 0.255 e. The Labute approximate surface area is 170 Å². The molecular formula is C21H15ClFN5O. The molecule has 4 aromatic rings. The van der Waals surface area contributed by atoms with Gasteiger partial charge in [0.1, 0.15) is 5.82 Å². The number of hydrogen-bond acceptors (Lipinski definition) is 4. The Bertz CT molecular complexity index is 1250. The Morgan fingerprint density at radius 3 is 2.79 bits per heavy atom. The van der Waals surface area contributed by atoms with Gasteiger partial charge in [0.2, 0.25) is 0 Å². The van der Waals surface area contributed by atoms with E-state index in [0.29, 0.717) is 25.5 Å². The molecule has 0 spiro atoms. The summed E-state index contributed by atoms with van der Waals surface area (Å²) in [6.45, 7) is 1.33. The summed E-state index contributed by atoms with van der Waals surface area (Å²) in [5, 5.41) is 9.80. The van der Waals surface area contributed by atoms with Gasteiger partial charge >= 0.3 is 0 Å². The molecule has 144 valence electrons. The molecule has 1 aliphatic rings. The molecule has 2 aromatic heterocycles. The highest BCUT2D eigenvalue weighted by Gasteiger charge is 2.27. The van der Waals surface area contributed by atoms with Crippen molar-refractivity contribution in [1.82, 2.24) is 24.6 Å². The Balaban J connectivity index is 1.47. The highest BCUT2D eigenvalue weighted by atomic mass is 35.5. The average Bonchev–Trinajstić information content (AvgIpc) is 3.16. The fourth-order valence-electron chi connectivity index (χ4n) is 3.65. The predicted molar refractivity (Wildman–Crippen MR) is 107 cm³/mol. The quantitative estimate of drug-likeness (QED) is 0.505. The molecule has 0 fully saturated rings. The standard InChI is InChI=1S/C21H15ClFN5O/c22-17-11-14(23)6-7-15(17)21(29)27-9-10-28-18(12-27)25-26-20(28)16-5-1-3-13-4-2-8-24-19(13)16/h1-8,11H,9-10,12H2. The van der Waals surface area contributed by atoms with E-state index >= 15 is 0 Å². The number of rotatable bonds is 2. The summed E-state index contributed by atoms with van der Waals surface area (Å²) >= 11 is 6.06. The van der Waals surface area contributed by atoms with Crippen molar-refractivity contribution < 1.29 is 9.18 Å². The molecule has 5 rings (SSSR count). The van der Waals surface area contributed by atoms with Gasteiger partial charge in [-0.05, 0) is 30.3 Å². The first-order chi connectivity index (χ1) is 14.1. The smallest absolute Gasteiger partial charge is 0.255 e. The van der Waals surface area contributed by atoms with E-state index in [-0.39, 0.29) is 16.5 Å². The van der Waals surface area contributed by atoms with Crippen LogP contribution in [0.2, 0.25) is 5.02 Å². The van der Waals surface area contributed by atoms with Crippen LogP contribution >= 0.6 is 11.6 Å². The number of hydrogen-bond donors (Lipinski definition) is 0. The van der Waals surface area contributed by atoms with E-state index in [1.165, 1.54) is 12.1 Å². The molecule has 29 heavy (non-hydrogen) atoms. The molecule has 3 heterocycles. The van der Waals surface area contributed by atoms with E-state index in [1.54, 1.807) is 11.1 Å². The molecule has 0 radical (unpaired) electrons. The second-order valence-electron chi connectivity index (χ2n) is 6.82. The summed E-state index contributed by atoms with van der Waals surface area (Å²) in [7, 11) is 0. The number of nitrogens with zero attached hydrogens (tertiary/aromatic N) is 5. The van der Waals surface area contributed by atoms with Crippen LogP contribution in [0.3, 0.4) is 0 Å². The van der Waals surface area contributed by atoms with Crippen molar-refractivity contribution in [2.45, 2.75) is 13.1 Å². The molecule has 8 heteroatoms. The van der Waals surface area contributed by atoms with Crippen molar-refractivity contribution in [3.05, 3.63) is 77.0 Å². The summed E-state index contributed by atoms with van der Waals surface area (Å²) in [6.07, 6.45) is 1.76. The van der Waals surface area contributed by atoms with Crippen molar-refractivity contribution >= 4 is 28.4 Å². The number of aromatic nitrogens is 4. The summed E-state index contributed by atoms with van der Waals surface area (Å²) in [5.74, 6) is 0.692. The van der Waals surface area contributed by atoms with Crippen LogP contribution in [-0.2, 0) is 13.1 Å². The van der Waals surface area contributed by atoms with Gasteiger partial charge in [0, 0.05) is 30.2 Å². The molecule has 0 saturated carbocycles. The third-order valence-corrected chi connectivity index (χ3v) is 5.39. The van der Waals surface area contributed by atoms with Crippen LogP contribution in [0.1, 0.15) is 16.2 Å². The van der Waals surface area contributed by atoms with Gasteiger partial charge in [-0.2, -0.15) is 0 Å². The van der Waals surface area contributed by atoms with Crippen LogP contribution in [0, 0.1) is 5.82 Å². The number of benzene rings is 2. The normalized spacial score (nSPS) is 13.5. The third-order valence-electron chi connectivity index (χ3n) is 5.08. The van der Waals surface area contributed by atoms with Gasteiger partial charge in [-0.25, -0.2) is 4.39 Å². The maximum atomic E-state index is 13.3. The van der Waals surface area contributed by atoms with E-state index < -0.39 is 5.82 Å². The van der Waals surface area contributed by atoms with Gasteiger partial charge < -0.3 is 9.47 Å². The summed E-state index contributed by atoms with van der Waals surface area (Å²) in [6, 6.07) is 13.6. The topological polar surface area (TPSA) is 63.9 Å². The lowest BCUT2D eigenvalue weighted by Gasteiger charge is -2.28. The minimum Gasteiger partial charge on any atom is -0.329 e. The molecule has 1 amide bonds. The second-order valence-corrected chi connectivity index (χ2v) is 7.23. The molecular weight excluding hydrogens is 393 g/mol. The van der Waals surface area contributed by atoms with E-state index in [0.717, 1.165) is 28.4 Å². The Kier molecular flexibility index (Phi) is 4.24. The molecule has 0 saturated heterocycles. The first kappa shape index (κ1) is 17.8. The highest BCUT2D eigenvalue weighted by Crippen LogP contribution is 2.28. The molecule has 0 aliphatic carbocycles. The fourth-order valence-corrected chi connectivity index (χ4v) is 3.90. The van der Waals surface area contributed by atoms with Crippen LogP contribution in [0.15, 0.2) is 54.7 Å². The van der Waals surface area contributed by atoms with Gasteiger partial charge in [0.25, 0.3) is 5.91 Å². The third kappa shape index (κ3) is 3.03. The molecule has 2 aromatic carbocycles. The van der Waals surface area contributed by atoms with Crippen molar-refractivity contribution in [3.63, 3.8) is 0 Å². The van der Waals surface area contributed by atoms with E-state index in [4.69, 9.17) is 11.6 Å². The summed E-state index contributed by atoms with van der Waals surface area (Å²) in [4.78, 5) is 19.0. The Hall–Kier alpha value is -3.32. The monoisotopic (exact) mass is 407 g/mol. The van der Waals surface area contributed by atoms with E-state index in [1.807, 2.05) is 34.9 Å². The zero-order valence-corrected chi connectivity index (χ0v) is 16.0. The van der Waals surface area contributed by atoms with Gasteiger partial charge in [-0.15, -0.1) is 10.2 Å². The predicted octanol–water partition coefficient (Wildman–Crippen LogP) is 3.94. The second kappa shape index (κ2) is 6.93. The lowest BCUT2D eigenvalue weighted by atomic mass is 10.1. The minimum atomic E-state index is -0.474. The van der Waals surface area contributed by atoms with E-state index in [9.17, 15) is 9.18 Å².